The Hall–Kier alpha value is -2.59. The van der Waals surface area contributed by atoms with E-state index in [1.807, 2.05) is 53.1 Å². The fraction of sp³-hybridized carbons (Fsp3) is 0.158. The minimum absolute atomic E-state index is 0.0598. The molecule has 3 aromatic rings. The second kappa shape index (κ2) is 7.32. The van der Waals surface area contributed by atoms with Gasteiger partial charge in [-0.15, -0.1) is 6.58 Å². The molecule has 122 valence electrons. The van der Waals surface area contributed by atoms with Crippen molar-refractivity contribution in [3.8, 4) is 0 Å². The Morgan fingerprint density at radius 3 is 2.71 bits per heavy atom. The normalized spacial score (nSPS) is 10.7. The number of rotatable bonds is 6. The Bertz CT molecular complexity index is 868. The third kappa shape index (κ3) is 3.66. The van der Waals surface area contributed by atoms with Crippen molar-refractivity contribution in [1.29, 1.82) is 0 Å². The van der Waals surface area contributed by atoms with Gasteiger partial charge < -0.3 is 9.88 Å². The van der Waals surface area contributed by atoms with Crippen molar-refractivity contribution in [2.45, 2.75) is 13.0 Å². The average Bonchev–Trinajstić information content (AvgIpc) is 2.92. The molecule has 0 saturated carbocycles. The maximum atomic E-state index is 12.1. The van der Waals surface area contributed by atoms with Crippen molar-refractivity contribution in [3.05, 3.63) is 77.6 Å². The molecule has 0 atom stereocenters. The summed E-state index contributed by atoms with van der Waals surface area (Å²) in [6.45, 7) is 4.31. The van der Waals surface area contributed by atoms with Gasteiger partial charge in [-0.2, -0.15) is 0 Å². The van der Waals surface area contributed by atoms with Crippen molar-refractivity contribution in [3.63, 3.8) is 0 Å². The second-order valence-electron chi connectivity index (χ2n) is 5.50. The van der Waals surface area contributed by atoms with E-state index in [4.69, 9.17) is 16.6 Å². The van der Waals surface area contributed by atoms with Gasteiger partial charge in [0.05, 0.1) is 11.0 Å². The average molecular weight is 340 g/mol. The van der Waals surface area contributed by atoms with Gasteiger partial charge in [-0.05, 0) is 29.8 Å². The van der Waals surface area contributed by atoms with Crippen LogP contribution in [0.2, 0.25) is 5.02 Å². The highest BCUT2D eigenvalue weighted by atomic mass is 35.5. The minimum Gasteiger partial charge on any atom is -0.351 e. The van der Waals surface area contributed by atoms with Gasteiger partial charge in [0.25, 0.3) is 0 Å². The van der Waals surface area contributed by atoms with Gasteiger partial charge in [-0.25, -0.2) is 4.98 Å². The van der Waals surface area contributed by atoms with E-state index in [0.29, 0.717) is 18.0 Å². The Morgan fingerprint density at radius 2 is 1.96 bits per heavy atom. The van der Waals surface area contributed by atoms with Crippen molar-refractivity contribution < 1.29 is 4.79 Å². The number of hydrogen-bond donors (Lipinski definition) is 1. The van der Waals surface area contributed by atoms with E-state index >= 15 is 0 Å². The SMILES string of the molecule is C=CCNC(=O)Cn1c(Cc2ccc(Cl)cc2)nc2ccccc21. The molecular formula is C19H18ClN3O. The zero-order chi connectivity index (χ0) is 16.9. The third-order valence-electron chi connectivity index (χ3n) is 3.75. The first-order valence-electron chi connectivity index (χ1n) is 7.73. The number of carbonyl (C=O) groups excluding carboxylic acids is 1. The molecule has 3 rings (SSSR count). The molecule has 1 amide bonds. The number of carbonyl (C=O) groups is 1. The highest BCUT2D eigenvalue weighted by Gasteiger charge is 2.13. The molecule has 0 aliphatic heterocycles. The largest absolute Gasteiger partial charge is 0.351 e. The molecule has 2 aromatic carbocycles. The van der Waals surface area contributed by atoms with E-state index in [-0.39, 0.29) is 12.5 Å². The lowest BCUT2D eigenvalue weighted by atomic mass is 10.1. The van der Waals surface area contributed by atoms with E-state index < -0.39 is 0 Å². The molecule has 0 fully saturated rings. The fourth-order valence-corrected chi connectivity index (χ4v) is 2.73. The van der Waals surface area contributed by atoms with Gasteiger partial charge in [-0.1, -0.05) is 41.9 Å². The molecule has 4 nitrogen and oxygen atoms in total. The standard InChI is InChI=1S/C19H18ClN3O/c1-2-11-21-19(24)13-23-17-6-4-3-5-16(17)22-18(23)12-14-7-9-15(20)10-8-14/h2-10H,1,11-13H2,(H,21,24). The summed E-state index contributed by atoms with van der Waals surface area (Å²) in [5.74, 6) is 0.794. The number of imidazole rings is 1. The van der Waals surface area contributed by atoms with Crippen LogP contribution in [0.25, 0.3) is 11.0 Å². The van der Waals surface area contributed by atoms with Gasteiger partial charge in [0, 0.05) is 18.0 Å². The number of halogens is 1. The topological polar surface area (TPSA) is 46.9 Å². The summed E-state index contributed by atoms with van der Waals surface area (Å²) in [5.41, 5.74) is 2.94. The van der Waals surface area contributed by atoms with Crippen molar-refractivity contribution in [2.75, 3.05) is 6.54 Å². The molecule has 24 heavy (non-hydrogen) atoms. The molecule has 0 bridgehead atoms. The molecule has 0 aliphatic rings. The van der Waals surface area contributed by atoms with Crippen LogP contribution in [0.5, 0.6) is 0 Å². The summed E-state index contributed by atoms with van der Waals surface area (Å²) in [6.07, 6.45) is 2.30. The lowest BCUT2D eigenvalue weighted by Gasteiger charge is -2.09. The molecule has 0 saturated heterocycles. The maximum absolute atomic E-state index is 12.1. The maximum Gasteiger partial charge on any atom is 0.240 e. The van der Waals surface area contributed by atoms with Gasteiger partial charge in [0.1, 0.15) is 12.4 Å². The highest BCUT2D eigenvalue weighted by molar-refractivity contribution is 6.30. The molecule has 1 N–H and O–H groups in total. The fourth-order valence-electron chi connectivity index (χ4n) is 2.61. The monoisotopic (exact) mass is 339 g/mol. The number of nitrogens with zero attached hydrogens (tertiary/aromatic N) is 2. The Balaban J connectivity index is 1.93. The van der Waals surface area contributed by atoms with Crippen LogP contribution in [0.3, 0.4) is 0 Å². The van der Waals surface area contributed by atoms with Crippen molar-refractivity contribution >= 4 is 28.5 Å². The Labute approximate surface area is 145 Å². The van der Waals surface area contributed by atoms with Crippen molar-refractivity contribution in [2.24, 2.45) is 0 Å². The van der Waals surface area contributed by atoms with Gasteiger partial charge in [0.15, 0.2) is 0 Å². The molecule has 1 heterocycles. The second-order valence-corrected chi connectivity index (χ2v) is 5.94. The summed E-state index contributed by atoms with van der Waals surface area (Å²) in [7, 11) is 0. The van der Waals surface area contributed by atoms with E-state index in [9.17, 15) is 4.79 Å². The van der Waals surface area contributed by atoms with Crippen molar-refractivity contribution in [1.82, 2.24) is 14.9 Å². The zero-order valence-electron chi connectivity index (χ0n) is 13.2. The summed E-state index contributed by atoms with van der Waals surface area (Å²) in [5, 5.41) is 3.52. The Kier molecular flexibility index (Phi) is 4.96. The number of nitrogens with one attached hydrogen (secondary N) is 1. The molecule has 0 unspecified atom stereocenters. The van der Waals surface area contributed by atoms with Crippen LogP contribution in [0, 0.1) is 0 Å². The van der Waals surface area contributed by atoms with Crippen LogP contribution in [-0.2, 0) is 17.8 Å². The number of para-hydroxylation sites is 2. The summed E-state index contributed by atoms with van der Waals surface area (Å²) < 4.78 is 1.96. The number of fused-ring (bicyclic) bond motifs is 1. The lowest BCUT2D eigenvalue weighted by Crippen LogP contribution is -2.28. The van der Waals surface area contributed by atoms with Crippen LogP contribution < -0.4 is 5.32 Å². The highest BCUT2D eigenvalue weighted by Crippen LogP contribution is 2.19. The van der Waals surface area contributed by atoms with Crippen LogP contribution in [-0.4, -0.2) is 22.0 Å². The first-order valence-corrected chi connectivity index (χ1v) is 8.11. The quantitative estimate of drug-likeness (QED) is 0.698. The van der Waals surface area contributed by atoms with Gasteiger partial charge in [0.2, 0.25) is 5.91 Å². The summed E-state index contributed by atoms with van der Waals surface area (Å²) >= 11 is 5.95. The molecule has 5 heteroatoms. The molecule has 1 aromatic heterocycles. The number of amides is 1. The number of aromatic nitrogens is 2. The van der Waals surface area contributed by atoms with Gasteiger partial charge >= 0.3 is 0 Å². The lowest BCUT2D eigenvalue weighted by molar-refractivity contribution is -0.121. The van der Waals surface area contributed by atoms with Crippen LogP contribution in [0.1, 0.15) is 11.4 Å². The predicted molar refractivity (Wildman–Crippen MR) is 97.2 cm³/mol. The molecular weight excluding hydrogens is 322 g/mol. The zero-order valence-corrected chi connectivity index (χ0v) is 14.0. The van der Waals surface area contributed by atoms with E-state index in [1.165, 1.54) is 0 Å². The summed E-state index contributed by atoms with van der Waals surface area (Å²) in [4.78, 5) is 16.8. The third-order valence-corrected chi connectivity index (χ3v) is 4.01. The number of benzene rings is 2. The first-order chi connectivity index (χ1) is 11.7. The first kappa shape index (κ1) is 16.3. The predicted octanol–water partition coefficient (Wildman–Crippen LogP) is 3.58. The van der Waals surface area contributed by atoms with E-state index in [0.717, 1.165) is 22.4 Å². The van der Waals surface area contributed by atoms with Crippen LogP contribution >= 0.6 is 11.6 Å². The number of hydrogen-bond acceptors (Lipinski definition) is 2. The summed E-state index contributed by atoms with van der Waals surface area (Å²) in [6, 6.07) is 15.5. The van der Waals surface area contributed by atoms with E-state index in [2.05, 4.69) is 11.9 Å². The van der Waals surface area contributed by atoms with Gasteiger partial charge in [-0.3, -0.25) is 4.79 Å². The van der Waals surface area contributed by atoms with Crippen LogP contribution in [0.4, 0.5) is 0 Å². The molecule has 0 spiro atoms. The smallest absolute Gasteiger partial charge is 0.240 e. The van der Waals surface area contributed by atoms with E-state index in [1.54, 1.807) is 6.08 Å². The minimum atomic E-state index is -0.0598. The molecule has 0 radical (unpaired) electrons. The van der Waals surface area contributed by atoms with Crippen LogP contribution in [0.15, 0.2) is 61.2 Å². The Morgan fingerprint density at radius 1 is 1.21 bits per heavy atom. The molecule has 0 aliphatic carbocycles.